The van der Waals surface area contributed by atoms with E-state index >= 15 is 0 Å². The van der Waals surface area contributed by atoms with Crippen LogP contribution in [-0.4, -0.2) is 38.3 Å². The minimum atomic E-state index is -4.71. The van der Waals surface area contributed by atoms with Crippen LogP contribution in [0.1, 0.15) is 17.1 Å². The molecule has 0 saturated carbocycles. The normalized spacial score (nSPS) is 18.2. The Kier molecular flexibility index (Phi) is 3.89. The molecule has 13 heteroatoms. The Morgan fingerprint density at radius 2 is 1.68 bits per heavy atom. The van der Waals surface area contributed by atoms with Crippen LogP contribution in [0.15, 0.2) is 17.1 Å². The highest BCUT2D eigenvalue weighted by molar-refractivity contribution is 5.98. The predicted molar refractivity (Wildman–Crippen MR) is 72.0 cm³/mol. The fourth-order valence-corrected chi connectivity index (χ4v) is 2.02. The third kappa shape index (κ3) is 3.55. The number of aliphatic imine (C=N–C) groups is 1. The molecule has 0 aliphatic carbocycles. The average Bonchev–Trinajstić information content (AvgIpc) is 3.15. The summed E-state index contributed by atoms with van der Waals surface area (Å²) in [7, 11) is 0. The second-order valence-electron chi connectivity index (χ2n) is 5.11. The van der Waals surface area contributed by atoms with E-state index in [1.54, 1.807) is 12.0 Å². The fraction of sp³-hybridized carbons (Fsp3) is 0.333. The molecule has 0 fully saturated rings. The molecule has 2 aromatic heterocycles. The number of halogens is 6. The van der Waals surface area contributed by atoms with Gasteiger partial charge in [0.1, 0.15) is 11.4 Å². The molecule has 1 unspecified atom stereocenters. The molecular weight excluding hydrogens is 356 g/mol. The van der Waals surface area contributed by atoms with Gasteiger partial charge in [-0.15, -0.1) is 0 Å². The molecule has 7 nitrogen and oxygen atoms in total. The molecule has 0 aromatic carbocycles. The van der Waals surface area contributed by atoms with Crippen molar-refractivity contribution in [3.63, 3.8) is 0 Å². The first-order valence-electron chi connectivity index (χ1n) is 6.69. The van der Waals surface area contributed by atoms with Gasteiger partial charge < -0.3 is 5.43 Å². The molecule has 1 aliphatic heterocycles. The molecule has 0 spiro atoms. The minimum Gasteiger partial charge on any atom is -0.302 e. The number of aryl methyl sites for hydroxylation is 1. The number of amidine groups is 1. The van der Waals surface area contributed by atoms with Gasteiger partial charge >= 0.3 is 12.4 Å². The third-order valence-electron chi connectivity index (χ3n) is 3.09. The zero-order chi connectivity index (χ0) is 18.4. The topological polar surface area (TPSA) is 90.9 Å². The van der Waals surface area contributed by atoms with Gasteiger partial charge in [0.2, 0.25) is 12.0 Å². The summed E-state index contributed by atoms with van der Waals surface area (Å²) < 4.78 is 75.6. The van der Waals surface area contributed by atoms with Crippen LogP contribution < -0.4 is 10.9 Å². The number of nitrogens with zero attached hydrogens (tertiary/aromatic N) is 4. The number of hydrogen-bond acceptors (Lipinski definition) is 6. The van der Waals surface area contributed by atoms with E-state index in [4.69, 9.17) is 0 Å². The summed E-state index contributed by atoms with van der Waals surface area (Å²) in [5.74, 6) is -1.84. The van der Waals surface area contributed by atoms with Gasteiger partial charge in [-0.1, -0.05) is 0 Å². The molecule has 3 rings (SSSR count). The van der Waals surface area contributed by atoms with Gasteiger partial charge in [-0.25, -0.2) is 20.4 Å². The van der Waals surface area contributed by atoms with Gasteiger partial charge in [-0.05, 0) is 24.6 Å². The zero-order valence-electron chi connectivity index (χ0n) is 12.3. The first-order chi connectivity index (χ1) is 11.5. The van der Waals surface area contributed by atoms with Crippen LogP contribution in [0.25, 0.3) is 11.5 Å². The molecule has 0 saturated heterocycles. The molecule has 3 heterocycles. The molecule has 1 aliphatic rings. The largest absolute Gasteiger partial charge is 0.451 e. The quantitative estimate of drug-likeness (QED) is 0.708. The lowest BCUT2D eigenvalue weighted by Crippen LogP contribution is -2.43. The van der Waals surface area contributed by atoms with Crippen molar-refractivity contribution in [2.24, 2.45) is 4.99 Å². The number of H-pyrrole nitrogens is 1. The molecule has 2 aromatic rings. The molecule has 0 radical (unpaired) electrons. The van der Waals surface area contributed by atoms with Crippen molar-refractivity contribution < 1.29 is 26.3 Å². The number of nitrogens with one attached hydrogen (secondary N) is 3. The second kappa shape index (κ2) is 5.68. The predicted octanol–water partition coefficient (Wildman–Crippen LogP) is 1.94. The maximum absolute atomic E-state index is 12.6. The first kappa shape index (κ1) is 17.1. The summed E-state index contributed by atoms with van der Waals surface area (Å²) >= 11 is 0. The van der Waals surface area contributed by atoms with Crippen LogP contribution in [0.5, 0.6) is 0 Å². The van der Waals surface area contributed by atoms with E-state index in [1.807, 2.05) is 5.43 Å². The molecule has 134 valence electrons. The van der Waals surface area contributed by atoms with E-state index in [0.717, 1.165) is 0 Å². The highest BCUT2D eigenvalue weighted by Crippen LogP contribution is 2.28. The van der Waals surface area contributed by atoms with E-state index in [-0.39, 0.29) is 23.0 Å². The van der Waals surface area contributed by atoms with Crippen molar-refractivity contribution in [1.29, 1.82) is 0 Å². The summed E-state index contributed by atoms with van der Waals surface area (Å²) in [6, 6.07) is 2.82. The Morgan fingerprint density at radius 3 is 2.24 bits per heavy atom. The minimum absolute atomic E-state index is 0.00705. The van der Waals surface area contributed by atoms with Gasteiger partial charge in [0.15, 0.2) is 11.7 Å². The number of hydrogen-bond donors (Lipinski definition) is 3. The monoisotopic (exact) mass is 365 g/mol. The molecule has 3 N–H and O–H groups in total. The Hall–Kier alpha value is -2.70. The Bertz CT molecular complexity index is 822. The summed E-state index contributed by atoms with van der Waals surface area (Å²) in [6.45, 7) is 1.59. The summed E-state index contributed by atoms with van der Waals surface area (Å²) in [5.41, 5.74) is 4.69. The van der Waals surface area contributed by atoms with Crippen LogP contribution in [0.2, 0.25) is 0 Å². The standard InChI is InChI=1S/C12H9F6N7/c1-4-2-5(7-20-9(24-22-7)11(13,14)15)19-6(3-4)8-21-10(25-23-8)12(16,17)18/h2-3,9,24H,1H3,(H,20,22)(H,21,23,25). The molecule has 1 atom stereocenters. The second-order valence-corrected chi connectivity index (χ2v) is 5.11. The Balaban J connectivity index is 1.96. The van der Waals surface area contributed by atoms with Crippen LogP contribution in [0.3, 0.4) is 0 Å². The summed E-state index contributed by atoms with van der Waals surface area (Å²) in [6.07, 6.45) is -11.5. The van der Waals surface area contributed by atoms with Gasteiger partial charge in [0.05, 0.1) is 0 Å². The number of pyridine rings is 1. The molecule has 0 bridgehead atoms. The zero-order valence-corrected chi connectivity index (χ0v) is 12.3. The third-order valence-corrected chi connectivity index (χ3v) is 3.09. The number of alkyl halides is 6. The van der Waals surface area contributed by atoms with E-state index in [2.05, 4.69) is 25.5 Å². The fourth-order valence-electron chi connectivity index (χ4n) is 2.02. The smallest absolute Gasteiger partial charge is 0.302 e. The molecular formula is C12H9F6N7. The lowest BCUT2D eigenvalue weighted by Gasteiger charge is -2.10. The lowest BCUT2D eigenvalue weighted by molar-refractivity contribution is -0.152. The van der Waals surface area contributed by atoms with E-state index in [1.165, 1.54) is 12.1 Å². The SMILES string of the molecule is Cc1cc(C2=NC(C(F)(F)F)NN2)nc(-c2n[nH]c(C(F)(F)F)n2)c1. The van der Waals surface area contributed by atoms with Gasteiger partial charge in [-0.3, -0.25) is 5.10 Å². The Morgan fingerprint density at radius 1 is 1.00 bits per heavy atom. The van der Waals surface area contributed by atoms with Crippen molar-refractivity contribution in [1.82, 2.24) is 31.0 Å². The maximum atomic E-state index is 12.6. The van der Waals surface area contributed by atoms with E-state index in [0.29, 0.717) is 5.56 Å². The number of aromatic amines is 1. The molecule has 0 amide bonds. The number of hydrazine groups is 1. The highest BCUT2D eigenvalue weighted by Gasteiger charge is 2.43. The van der Waals surface area contributed by atoms with Crippen LogP contribution >= 0.6 is 0 Å². The average molecular weight is 365 g/mol. The Labute approximate surface area is 135 Å². The first-order valence-corrected chi connectivity index (χ1v) is 6.69. The van der Waals surface area contributed by atoms with Crippen LogP contribution in [0, 0.1) is 6.92 Å². The van der Waals surface area contributed by atoms with Gasteiger partial charge in [0, 0.05) is 0 Å². The molecule has 25 heavy (non-hydrogen) atoms. The van der Waals surface area contributed by atoms with Crippen molar-refractivity contribution in [3.8, 4) is 11.5 Å². The van der Waals surface area contributed by atoms with Gasteiger partial charge in [0.25, 0.3) is 0 Å². The number of aromatic nitrogens is 4. The van der Waals surface area contributed by atoms with Crippen molar-refractivity contribution in [2.75, 3.05) is 0 Å². The highest BCUT2D eigenvalue weighted by atomic mass is 19.4. The van der Waals surface area contributed by atoms with Crippen LogP contribution in [-0.2, 0) is 6.18 Å². The van der Waals surface area contributed by atoms with Gasteiger partial charge in [-0.2, -0.15) is 31.4 Å². The van der Waals surface area contributed by atoms with Crippen molar-refractivity contribution >= 4 is 5.84 Å². The van der Waals surface area contributed by atoms with Crippen molar-refractivity contribution in [2.45, 2.75) is 25.4 Å². The van der Waals surface area contributed by atoms with Crippen LogP contribution in [0.4, 0.5) is 26.3 Å². The van der Waals surface area contributed by atoms with E-state index < -0.39 is 24.3 Å². The summed E-state index contributed by atoms with van der Waals surface area (Å²) in [5, 5.41) is 5.19. The maximum Gasteiger partial charge on any atom is 0.451 e. The van der Waals surface area contributed by atoms with Crippen molar-refractivity contribution in [3.05, 3.63) is 29.2 Å². The number of rotatable bonds is 2. The lowest BCUT2D eigenvalue weighted by atomic mass is 10.2. The van der Waals surface area contributed by atoms with E-state index in [9.17, 15) is 26.3 Å². The summed E-state index contributed by atoms with van der Waals surface area (Å²) in [4.78, 5) is 10.7.